The van der Waals surface area contributed by atoms with E-state index in [1.807, 2.05) is 43.3 Å². The molecule has 1 heterocycles. The second-order valence-corrected chi connectivity index (χ2v) is 5.43. The van der Waals surface area contributed by atoms with Gasteiger partial charge < -0.3 is 15.5 Å². The summed E-state index contributed by atoms with van der Waals surface area (Å²) in [6.45, 7) is 2.05. The Labute approximate surface area is 128 Å². The largest absolute Gasteiger partial charge is 0.496 e. The highest BCUT2D eigenvalue weighted by atomic mass is 32.1. The Kier molecular flexibility index (Phi) is 3.39. The fourth-order valence-corrected chi connectivity index (χ4v) is 2.83. The van der Waals surface area contributed by atoms with Gasteiger partial charge in [-0.15, -0.1) is 0 Å². The summed E-state index contributed by atoms with van der Waals surface area (Å²) in [5.41, 5.74) is 10.9. The third-order valence-corrected chi connectivity index (χ3v) is 3.78. The molecule has 0 amide bonds. The minimum atomic E-state index is 0.381. The monoisotopic (exact) mass is 296 g/mol. The smallest absolute Gasteiger partial charge is 0.128 e. The lowest BCUT2D eigenvalue weighted by molar-refractivity contribution is 0.416. The highest BCUT2D eigenvalue weighted by Crippen LogP contribution is 2.36. The first-order valence-electron chi connectivity index (χ1n) is 6.67. The summed E-state index contributed by atoms with van der Waals surface area (Å²) in [4.78, 5) is 3.80. The maximum Gasteiger partial charge on any atom is 0.128 e. The molecule has 21 heavy (non-hydrogen) atoms. The van der Waals surface area contributed by atoms with Gasteiger partial charge in [-0.1, -0.05) is 42.0 Å². The number of ether oxygens (including phenoxy) is 1. The molecule has 106 valence electrons. The summed E-state index contributed by atoms with van der Waals surface area (Å²) < 4.78 is 5.48. The van der Waals surface area contributed by atoms with Crippen LogP contribution in [0.2, 0.25) is 0 Å². The van der Waals surface area contributed by atoms with Crippen LogP contribution in [0, 0.1) is 6.92 Å². The fraction of sp³-hybridized carbons (Fsp3) is 0.118. The van der Waals surface area contributed by atoms with Crippen LogP contribution < -0.4 is 10.5 Å². The van der Waals surface area contributed by atoms with Crippen LogP contribution in [-0.2, 0) is 0 Å². The van der Waals surface area contributed by atoms with Gasteiger partial charge in [0.25, 0.3) is 0 Å². The summed E-state index contributed by atoms with van der Waals surface area (Å²) in [5.74, 6) is 0.796. The van der Waals surface area contributed by atoms with E-state index in [1.54, 1.807) is 7.11 Å². The highest BCUT2D eigenvalue weighted by Gasteiger charge is 2.18. The number of fused-ring (bicyclic) bond motifs is 1. The molecule has 0 aliphatic rings. The van der Waals surface area contributed by atoms with Crippen LogP contribution in [0.15, 0.2) is 42.5 Å². The maximum atomic E-state index is 5.96. The van der Waals surface area contributed by atoms with E-state index in [-0.39, 0.29) is 0 Å². The second kappa shape index (κ2) is 5.22. The number of aromatic amines is 1. The van der Waals surface area contributed by atoms with Crippen LogP contribution in [0.25, 0.3) is 22.2 Å². The van der Waals surface area contributed by atoms with Crippen LogP contribution in [0.3, 0.4) is 0 Å². The van der Waals surface area contributed by atoms with Gasteiger partial charge in [0.05, 0.1) is 12.8 Å². The van der Waals surface area contributed by atoms with Gasteiger partial charge in [0.15, 0.2) is 0 Å². The van der Waals surface area contributed by atoms with Gasteiger partial charge in [-0.3, -0.25) is 0 Å². The molecular formula is C17H16N2OS. The average Bonchev–Trinajstić information content (AvgIpc) is 2.86. The number of thiocarbonyl (C=S) groups is 1. The van der Waals surface area contributed by atoms with Crippen molar-refractivity contribution in [3.63, 3.8) is 0 Å². The summed E-state index contributed by atoms with van der Waals surface area (Å²) >= 11 is 5.26. The first kappa shape index (κ1) is 13.6. The van der Waals surface area contributed by atoms with Gasteiger partial charge in [-0.05, 0) is 25.1 Å². The van der Waals surface area contributed by atoms with E-state index in [2.05, 4.69) is 11.1 Å². The lowest BCUT2D eigenvalue weighted by Gasteiger charge is -2.10. The number of hydrogen-bond donors (Lipinski definition) is 2. The topological polar surface area (TPSA) is 51.0 Å². The molecule has 1 aromatic heterocycles. The maximum absolute atomic E-state index is 5.96. The Morgan fingerprint density at radius 3 is 2.67 bits per heavy atom. The summed E-state index contributed by atoms with van der Waals surface area (Å²) in [7, 11) is 1.66. The Morgan fingerprint density at radius 1 is 1.19 bits per heavy atom. The molecule has 0 aliphatic carbocycles. The van der Waals surface area contributed by atoms with Crippen LogP contribution >= 0.6 is 12.2 Å². The lowest BCUT2D eigenvalue weighted by atomic mass is 10.0. The molecule has 0 spiro atoms. The van der Waals surface area contributed by atoms with Gasteiger partial charge in [0, 0.05) is 22.0 Å². The lowest BCUT2D eigenvalue weighted by Crippen LogP contribution is -2.10. The molecular weight excluding hydrogens is 280 g/mol. The normalized spacial score (nSPS) is 10.8. The van der Waals surface area contributed by atoms with E-state index >= 15 is 0 Å². The van der Waals surface area contributed by atoms with Gasteiger partial charge in [0.1, 0.15) is 10.7 Å². The van der Waals surface area contributed by atoms with Gasteiger partial charge in [-0.25, -0.2) is 0 Å². The Bertz CT molecular complexity index is 836. The molecule has 3 rings (SSSR count). The predicted molar refractivity (Wildman–Crippen MR) is 90.9 cm³/mol. The number of nitrogens with one attached hydrogen (secondary N) is 1. The third kappa shape index (κ3) is 2.28. The third-order valence-electron chi connectivity index (χ3n) is 3.58. The first-order valence-corrected chi connectivity index (χ1v) is 7.08. The molecule has 0 saturated carbocycles. The van der Waals surface area contributed by atoms with Crippen molar-refractivity contribution in [3.8, 4) is 17.0 Å². The quantitative estimate of drug-likeness (QED) is 0.723. The Morgan fingerprint density at radius 2 is 1.95 bits per heavy atom. The van der Waals surface area contributed by atoms with E-state index in [9.17, 15) is 0 Å². The van der Waals surface area contributed by atoms with Crippen molar-refractivity contribution in [2.24, 2.45) is 5.73 Å². The molecule has 0 unspecified atom stereocenters. The van der Waals surface area contributed by atoms with Crippen molar-refractivity contribution >= 4 is 28.1 Å². The zero-order chi connectivity index (χ0) is 15.0. The van der Waals surface area contributed by atoms with Crippen molar-refractivity contribution in [2.75, 3.05) is 7.11 Å². The van der Waals surface area contributed by atoms with Crippen LogP contribution in [0.1, 0.15) is 11.1 Å². The van der Waals surface area contributed by atoms with E-state index in [4.69, 9.17) is 22.7 Å². The SMILES string of the molecule is COc1ccc(C)cc1-c1[nH]c2ccccc2c1C(N)=S. The number of aryl methyl sites for hydroxylation is 1. The summed E-state index contributed by atoms with van der Waals surface area (Å²) in [6.07, 6.45) is 0. The van der Waals surface area contributed by atoms with E-state index in [0.717, 1.165) is 39.0 Å². The van der Waals surface area contributed by atoms with Crippen LogP contribution in [0.4, 0.5) is 0 Å². The number of hydrogen-bond acceptors (Lipinski definition) is 2. The van der Waals surface area contributed by atoms with E-state index in [1.165, 1.54) is 0 Å². The molecule has 0 atom stereocenters. The van der Waals surface area contributed by atoms with Crippen LogP contribution in [0.5, 0.6) is 5.75 Å². The number of benzene rings is 2. The van der Waals surface area contributed by atoms with Crippen molar-refractivity contribution in [1.29, 1.82) is 0 Å². The summed E-state index contributed by atoms with van der Waals surface area (Å²) in [6, 6.07) is 14.1. The Hall–Kier alpha value is -2.33. The summed E-state index contributed by atoms with van der Waals surface area (Å²) in [5, 5.41) is 1.03. The van der Waals surface area contributed by atoms with E-state index < -0.39 is 0 Å². The van der Waals surface area contributed by atoms with E-state index in [0.29, 0.717) is 4.99 Å². The Balaban J connectivity index is 2.37. The molecule has 0 aliphatic heterocycles. The van der Waals surface area contributed by atoms with Gasteiger partial charge in [0.2, 0.25) is 0 Å². The van der Waals surface area contributed by atoms with Crippen molar-refractivity contribution in [1.82, 2.24) is 4.98 Å². The molecule has 0 saturated heterocycles. The minimum Gasteiger partial charge on any atom is -0.496 e. The van der Waals surface area contributed by atoms with Crippen molar-refractivity contribution in [2.45, 2.75) is 6.92 Å². The highest BCUT2D eigenvalue weighted by molar-refractivity contribution is 7.80. The zero-order valence-corrected chi connectivity index (χ0v) is 12.8. The molecule has 4 heteroatoms. The molecule has 2 aromatic carbocycles. The number of methoxy groups -OCH3 is 1. The average molecular weight is 296 g/mol. The second-order valence-electron chi connectivity index (χ2n) is 4.99. The number of aromatic nitrogens is 1. The van der Waals surface area contributed by atoms with Gasteiger partial charge >= 0.3 is 0 Å². The predicted octanol–water partition coefficient (Wildman–Crippen LogP) is 3.79. The zero-order valence-electron chi connectivity index (χ0n) is 11.9. The molecule has 0 radical (unpaired) electrons. The van der Waals surface area contributed by atoms with Crippen molar-refractivity contribution in [3.05, 3.63) is 53.6 Å². The number of H-pyrrole nitrogens is 1. The van der Waals surface area contributed by atoms with Crippen molar-refractivity contribution < 1.29 is 4.74 Å². The minimum absolute atomic E-state index is 0.381. The first-order chi connectivity index (χ1) is 10.1. The number of rotatable bonds is 3. The number of para-hydroxylation sites is 1. The molecule has 0 fully saturated rings. The van der Waals surface area contributed by atoms with Crippen LogP contribution in [-0.4, -0.2) is 17.1 Å². The molecule has 3 N–H and O–H groups in total. The van der Waals surface area contributed by atoms with Gasteiger partial charge in [-0.2, -0.15) is 0 Å². The molecule has 0 bridgehead atoms. The number of nitrogens with two attached hydrogens (primary N) is 1. The molecule has 3 nitrogen and oxygen atoms in total. The fourth-order valence-electron chi connectivity index (χ4n) is 2.62. The molecule has 3 aromatic rings. The standard InChI is InChI=1S/C17H16N2OS/c1-10-7-8-14(20-2)12(9-10)16-15(17(18)21)11-5-3-4-6-13(11)19-16/h3-9,19H,1-2H3,(H2,18,21).